The van der Waals surface area contributed by atoms with Crippen LogP contribution in [0.4, 0.5) is 5.69 Å². The Morgan fingerprint density at radius 1 is 1.20 bits per heavy atom. The third-order valence-electron chi connectivity index (χ3n) is 2.94. The van der Waals surface area contributed by atoms with E-state index < -0.39 is 0 Å². The van der Waals surface area contributed by atoms with E-state index in [1.165, 1.54) is 0 Å². The van der Waals surface area contributed by atoms with Crippen molar-refractivity contribution in [2.45, 2.75) is 6.04 Å². The molecule has 5 nitrogen and oxygen atoms in total. The second-order valence-corrected chi connectivity index (χ2v) is 4.22. The first-order valence-corrected chi connectivity index (χ1v) is 6.18. The molecule has 98 valence electrons. The number of benzene rings is 1. The zero-order chi connectivity index (χ0) is 13.8. The van der Waals surface area contributed by atoms with Crippen LogP contribution in [0, 0.1) is 11.3 Å². The summed E-state index contributed by atoms with van der Waals surface area (Å²) in [6.07, 6.45) is 5.08. The first-order valence-electron chi connectivity index (χ1n) is 6.18. The van der Waals surface area contributed by atoms with E-state index in [0.717, 1.165) is 5.69 Å². The van der Waals surface area contributed by atoms with Gasteiger partial charge in [-0.05, 0) is 30.3 Å². The van der Waals surface area contributed by atoms with Crippen molar-refractivity contribution in [2.75, 3.05) is 5.17 Å². The Kier molecular flexibility index (Phi) is 3.31. The van der Waals surface area contributed by atoms with Crippen molar-refractivity contribution in [1.82, 2.24) is 10.4 Å². The second kappa shape index (κ2) is 5.43. The number of hydrazine groups is 1. The van der Waals surface area contributed by atoms with Crippen LogP contribution < -0.4 is 10.6 Å². The predicted molar refractivity (Wildman–Crippen MR) is 74.0 cm³/mol. The number of aromatic nitrogens is 1. The highest BCUT2D eigenvalue weighted by Gasteiger charge is 2.21. The van der Waals surface area contributed by atoms with Crippen LogP contribution in [0.15, 0.2) is 61.0 Å². The van der Waals surface area contributed by atoms with E-state index in [0.29, 0.717) is 11.3 Å². The molecule has 1 aromatic carbocycles. The van der Waals surface area contributed by atoms with E-state index in [2.05, 4.69) is 16.5 Å². The number of nitrogens with one attached hydrogen (secondary N) is 1. The minimum Gasteiger partial charge on any atom is -0.372 e. The van der Waals surface area contributed by atoms with Crippen molar-refractivity contribution in [1.29, 1.82) is 5.26 Å². The average Bonchev–Trinajstić information content (AvgIpc) is 2.56. The van der Waals surface area contributed by atoms with Crippen LogP contribution in [0.5, 0.6) is 0 Å². The topological polar surface area (TPSA) is 61.2 Å². The van der Waals surface area contributed by atoms with Crippen molar-refractivity contribution in [3.63, 3.8) is 0 Å². The molecule has 1 unspecified atom stereocenters. The average molecular weight is 264 g/mol. The molecule has 3 rings (SSSR count). The normalized spacial score (nSPS) is 17.4. The molecule has 0 saturated heterocycles. The molecule has 1 atom stereocenters. The summed E-state index contributed by atoms with van der Waals surface area (Å²) in [5, 5.41) is 10.7. The molecule has 1 aromatic heterocycles. The SMILES string of the molecule is N#Cc1cccnc1C1C=CON(c2ccccc2)N1. The summed E-state index contributed by atoms with van der Waals surface area (Å²) in [5.74, 6) is 0. The fourth-order valence-corrected chi connectivity index (χ4v) is 1.99. The lowest BCUT2D eigenvalue weighted by molar-refractivity contribution is 0.150. The van der Waals surface area contributed by atoms with Crippen molar-refractivity contribution in [3.8, 4) is 6.07 Å². The van der Waals surface area contributed by atoms with Gasteiger partial charge in [0.15, 0.2) is 0 Å². The second-order valence-electron chi connectivity index (χ2n) is 4.22. The van der Waals surface area contributed by atoms with Crippen molar-refractivity contribution in [3.05, 3.63) is 72.3 Å². The number of pyridine rings is 1. The maximum Gasteiger partial charge on any atom is 0.119 e. The van der Waals surface area contributed by atoms with Gasteiger partial charge in [-0.25, -0.2) is 0 Å². The maximum atomic E-state index is 9.15. The number of hydrogen-bond acceptors (Lipinski definition) is 5. The van der Waals surface area contributed by atoms with Crippen molar-refractivity contribution >= 4 is 5.69 Å². The third-order valence-corrected chi connectivity index (χ3v) is 2.94. The fourth-order valence-electron chi connectivity index (χ4n) is 1.99. The van der Waals surface area contributed by atoms with Crippen LogP contribution in [0.1, 0.15) is 17.3 Å². The lowest BCUT2D eigenvalue weighted by Gasteiger charge is -2.30. The number of nitrogens with zero attached hydrogens (tertiary/aromatic N) is 3. The first-order chi connectivity index (χ1) is 9.88. The molecule has 1 aliphatic rings. The molecular weight excluding hydrogens is 252 g/mol. The number of nitriles is 1. The molecule has 0 saturated carbocycles. The largest absolute Gasteiger partial charge is 0.372 e. The minimum atomic E-state index is -0.209. The van der Waals surface area contributed by atoms with Crippen LogP contribution in [-0.2, 0) is 4.84 Å². The van der Waals surface area contributed by atoms with Gasteiger partial charge in [0.2, 0.25) is 0 Å². The molecule has 0 fully saturated rings. The minimum absolute atomic E-state index is 0.209. The van der Waals surface area contributed by atoms with E-state index in [1.54, 1.807) is 29.8 Å². The zero-order valence-corrected chi connectivity index (χ0v) is 10.6. The molecule has 20 heavy (non-hydrogen) atoms. The van der Waals surface area contributed by atoms with E-state index >= 15 is 0 Å². The van der Waals surface area contributed by atoms with Gasteiger partial charge in [0.05, 0.1) is 23.0 Å². The van der Waals surface area contributed by atoms with Crippen molar-refractivity contribution < 1.29 is 4.84 Å². The Balaban J connectivity index is 1.88. The van der Waals surface area contributed by atoms with E-state index in [-0.39, 0.29) is 6.04 Å². The molecule has 5 heteroatoms. The summed E-state index contributed by atoms with van der Waals surface area (Å²) in [7, 11) is 0. The third kappa shape index (κ3) is 2.32. The molecule has 1 aliphatic heterocycles. The molecule has 2 heterocycles. The molecule has 0 radical (unpaired) electrons. The Morgan fingerprint density at radius 2 is 2.05 bits per heavy atom. The highest BCUT2D eigenvalue weighted by molar-refractivity contribution is 5.44. The smallest absolute Gasteiger partial charge is 0.119 e. The van der Waals surface area contributed by atoms with Gasteiger partial charge in [-0.3, -0.25) is 4.98 Å². The summed E-state index contributed by atoms with van der Waals surface area (Å²) in [6.45, 7) is 0. The molecule has 1 N–H and O–H groups in total. The van der Waals surface area contributed by atoms with E-state index in [9.17, 15) is 0 Å². The Bertz CT molecular complexity index is 663. The maximum absolute atomic E-state index is 9.15. The summed E-state index contributed by atoms with van der Waals surface area (Å²) < 4.78 is 0. The monoisotopic (exact) mass is 264 g/mol. The van der Waals surface area contributed by atoms with Gasteiger partial charge in [-0.1, -0.05) is 18.2 Å². The summed E-state index contributed by atoms with van der Waals surface area (Å²) in [4.78, 5) is 9.70. The zero-order valence-electron chi connectivity index (χ0n) is 10.6. The summed E-state index contributed by atoms with van der Waals surface area (Å²) >= 11 is 0. The van der Waals surface area contributed by atoms with E-state index in [1.807, 2.05) is 36.4 Å². The van der Waals surface area contributed by atoms with Crippen LogP contribution in [-0.4, -0.2) is 4.98 Å². The number of anilines is 1. The molecule has 0 spiro atoms. The van der Waals surface area contributed by atoms with Gasteiger partial charge in [0, 0.05) is 6.20 Å². The summed E-state index contributed by atoms with van der Waals surface area (Å²) in [5.41, 5.74) is 5.27. The molecule has 0 aliphatic carbocycles. The quantitative estimate of drug-likeness (QED) is 0.902. The lowest BCUT2D eigenvalue weighted by Crippen LogP contribution is -2.42. The van der Waals surface area contributed by atoms with Gasteiger partial charge >= 0.3 is 0 Å². The first kappa shape index (κ1) is 12.2. The van der Waals surface area contributed by atoms with Crippen LogP contribution in [0.3, 0.4) is 0 Å². The van der Waals surface area contributed by atoms with Gasteiger partial charge < -0.3 is 4.84 Å². The number of para-hydroxylation sites is 1. The molecule has 0 bridgehead atoms. The highest BCUT2D eigenvalue weighted by Crippen LogP contribution is 2.23. The van der Waals surface area contributed by atoms with Crippen LogP contribution in [0.25, 0.3) is 0 Å². The lowest BCUT2D eigenvalue weighted by atomic mass is 10.1. The standard InChI is InChI=1S/C15H12N4O/c16-11-12-5-4-9-17-15(12)14-8-10-20-19(18-14)13-6-2-1-3-7-13/h1-10,14,18H. The Labute approximate surface area is 116 Å². The van der Waals surface area contributed by atoms with Gasteiger partial charge in [0.25, 0.3) is 0 Å². The van der Waals surface area contributed by atoms with Gasteiger partial charge in [0.1, 0.15) is 12.3 Å². The van der Waals surface area contributed by atoms with Crippen LogP contribution in [0.2, 0.25) is 0 Å². The van der Waals surface area contributed by atoms with Gasteiger partial charge in [-0.2, -0.15) is 10.7 Å². The Morgan fingerprint density at radius 3 is 2.85 bits per heavy atom. The highest BCUT2D eigenvalue weighted by atomic mass is 16.7. The fraction of sp³-hybridized carbons (Fsp3) is 0.0667. The molecular formula is C15H12N4O. The predicted octanol–water partition coefficient (Wildman–Crippen LogP) is 2.46. The number of hydrogen-bond donors (Lipinski definition) is 1. The van der Waals surface area contributed by atoms with Crippen molar-refractivity contribution in [2.24, 2.45) is 0 Å². The van der Waals surface area contributed by atoms with Crippen LogP contribution >= 0.6 is 0 Å². The summed E-state index contributed by atoms with van der Waals surface area (Å²) in [6, 6.07) is 15.1. The Hall–Kier alpha value is -2.84. The number of rotatable bonds is 2. The van der Waals surface area contributed by atoms with E-state index in [4.69, 9.17) is 10.1 Å². The molecule has 2 aromatic rings. The van der Waals surface area contributed by atoms with Gasteiger partial charge in [-0.15, -0.1) is 5.17 Å². The molecule has 0 amide bonds.